The number of fused-ring (bicyclic) bond motifs is 1. The summed E-state index contributed by atoms with van der Waals surface area (Å²) in [5, 5.41) is 8.44. The van der Waals surface area contributed by atoms with Crippen LogP contribution in [0.15, 0.2) is 54.6 Å². The van der Waals surface area contributed by atoms with Crippen molar-refractivity contribution in [3.63, 3.8) is 0 Å². The second kappa shape index (κ2) is 8.83. The summed E-state index contributed by atoms with van der Waals surface area (Å²) in [6, 6.07) is 17.7. The first-order valence-electron chi connectivity index (χ1n) is 9.69. The summed E-state index contributed by atoms with van der Waals surface area (Å²) in [7, 11) is 6.37. The number of nitrogens with zero attached hydrogens (tertiary/aromatic N) is 3. The van der Waals surface area contributed by atoms with Crippen molar-refractivity contribution >= 4 is 22.5 Å². The zero-order chi connectivity index (χ0) is 21.8. The number of rotatable bonds is 8. The minimum absolute atomic E-state index is 0.519. The molecule has 0 saturated carbocycles. The van der Waals surface area contributed by atoms with Gasteiger partial charge in [0, 0.05) is 24.7 Å². The maximum Gasteiger partial charge on any atom is 0.214 e. The number of aromatic nitrogens is 3. The molecule has 0 aliphatic heterocycles. The minimum Gasteiger partial charge on any atom is -0.493 e. The van der Waals surface area contributed by atoms with E-state index in [1.54, 1.807) is 28.4 Å². The lowest BCUT2D eigenvalue weighted by atomic mass is 10.1. The van der Waals surface area contributed by atoms with E-state index in [0.29, 0.717) is 35.3 Å². The SMILES string of the molecule is COc1ccc2c(N(Cc3ccccc3)c3cc(OC)c(OC)c(OC)c3)n[nH]c2n1. The van der Waals surface area contributed by atoms with Crippen molar-refractivity contribution in [3.05, 3.63) is 60.2 Å². The summed E-state index contributed by atoms with van der Waals surface area (Å²) in [5.74, 6) is 2.91. The summed E-state index contributed by atoms with van der Waals surface area (Å²) >= 11 is 0. The largest absolute Gasteiger partial charge is 0.493 e. The van der Waals surface area contributed by atoms with Crippen LogP contribution in [-0.2, 0) is 6.54 Å². The first kappa shape index (κ1) is 20.3. The number of hydrogen-bond donors (Lipinski definition) is 1. The van der Waals surface area contributed by atoms with E-state index in [0.717, 1.165) is 22.5 Å². The molecule has 0 bridgehead atoms. The van der Waals surface area contributed by atoms with Gasteiger partial charge >= 0.3 is 0 Å². The number of benzene rings is 2. The molecule has 0 saturated heterocycles. The highest BCUT2D eigenvalue weighted by Crippen LogP contribution is 2.43. The Balaban J connectivity index is 1.88. The molecule has 0 fully saturated rings. The molecular weight excluding hydrogens is 396 g/mol. The number of methoxy groups -OCH3 is 4. The van der Waals surface area contributed by atoms with Gasteiger partial charge in [0.2, 0.25) is 11.6 Å². The van der Waals surface area contributed by atoms with E-state index >= 15 is 0 Å². The number of hydrogen-bond acceptors (Lipinski definition) is 7. The molecule has 0 atom stereocenters. The van der Waals surface area contributed by atoms with E-state index in [1.165, 1.54) is 0 Å². The maximum absolute atomic E-state index is 5.57. The quantitative estimate of drug-likeness (QED) is 0.454. The minimum atomic E-state index is 0.519. The van der Waals surface area contributed by atoms with Crippen molar-refractivity contribution in [3.8, 4) is 23.1 Å². The predicted molar refractivity (Wildman–Crippen MR) is 119 cm³/mol. The van der Waals surface area contributed by atoms with Gasteiger partial charge in [-0.3, -0.25) is 5.10 Å². The highest BCUT2D eigenvalue weighted by molar-refractivity contribution is 5.90. The summed E-state index contributed by atoms with van der Waals surface area (Å²) < 4.78 is 21.9. The molecule has 4 rings (SSSR count). The maximum atomic E-state index is 5.57. The molecule has 160 valence electrons. The molecule has 1 N–H and O–H groups in total. The molecule has 8 nitrogen and oxygen atoms in total. The number of ether oxygens (including phenoxy) is 4. The standard InChI is InChI=1S/C23H24N4O4/c1-28-18-12-16(13-19(29-2)21(18)31-4)27(14-15-8-6-5-7-9-15)23-17-10-11-20(30-3)24-22(17)25-26-23/h5-13H,14H2,1-4H3,(H,24,25,26). The zero-order valence-corrected chi connectivity index (χ0v) is 17.9. The fourth-order valence-corrected chi connectivity index (χ4v) is 3.47. The van der Waals surface area contributed by atoms with Crippen LogP contribution < -0.4 is 23.8 Å². The molecule has 2 heterocycles. The highest BCUT2D eigenvalue weighted by atomic mass is 16.5. The molecule has 0 aliphatic carbocycles. The second-order valence-corrected chi connectivity index (χ2v) is 6.75. The molecule has 2 aromatic carbocycles. The Morgan fingerprint density at radius 1 is 0.839 bits per heavy atom. The number of anilines is 2. The van der Waals surface area contributed by atoms with Crippen molar-refractivity contribution in [2.24, 2.45) is 0 Å². The first-order valence-corrected chi connectivity index (χ1v) is 9.69. The highest BCUT2D eigenvalue weighted by Gasteiger charge is 2.22. The van der Waals surface area contributed by atoms with Gasteiger partial charge in [0.1, 0.15) is 0 Å². The third-order valence-corrected chi connectivity index (χ3v) is 4.99. The molecule has 31 heavy (non-hydrogen) atoms. The fourth-order valence-electron chi connectivity index (χ4n) is 3.47. The van der Waals surface area contributed by atoms with Crippen LogP contribution in [0.3, 0.4) is 0 Å². The van der Waals surface area contributed by atoms with Gasteiger partial charge in [-0.1, -0.05) is 30.3 Å². The summed E-state index contributed by atoms with van der Waals surface area (Å²) in [5.41, 5.74) is 2.59. The number of aromatic amines is 1. The van der Waals surface area contributed by atoms with E-state index in [4.69, 9.17) is 18.9 Å². The van der Waals surface area contributed by atoms with Gasteiger partial charge in [-0.15, -0.1) is 0 Å². The van der Waals surface area contributed by atoms with Crippen molar-refractivity contribution in [2.45, 2.75) is 6.54 Å². The Hall–Kier alpha value is -3.94. The normalized spacial score (nSPS) is 10.7. The Morgan fingerprint density at radius 3 is 2.16 bits per heavy atom. The number of H-pyrrole nitrogens is 1. The number of nitrogens with one attached hydrogen (secondary N) is 1. The molecule has 0 spiro atoms. The van der Waals surface area contributed by atoms with Gasteiger partial charge in [0.15, 0.2) is 23.0 Å². The van der Waals surface area contributed by atoms with Crippen molar-refractivity contribution in [1.29, 1.82) is 0 Å². The van der Waals surface area contributed by atoms with Gasteiger partial charge in [-0.05, 0) is 11.6 Å². The summed E-state index contributed by atoms with van der Waals surface area (Å²) in [6.45, 7) is 0.575. The average Bonchev–Trinajstić information content (AvgIpc) is 3.25. The second-order valence-electron chi connectivity index (χ2n) is 6.75. The zero-order valence-electron chi connectivity index (χ0n) is 17.9. The lowest BCUT2D eigenvalue weighted by molar-refractivity contribution is 0.324. The topological polar surface area (TPSA) is 81.7 Å². The van der Waals surface area contributed by atoms with E-state index in [1.807, 2.05) is 42.5 Å². The van der Waals surface area contributed by atoms with Gasteiger partial charge in [0.25, 0.3) is 0 Å². The van der Waals surface area contributed by atoms with Crippen LogP contribution in [-0.4, -0.2) is 43.6 Å². The number of pyridine rings is 1. The Labute approximate surface area is 180 Å². The molecule has 0 radical (unpaired) electrons. The van der Waals surface area contributed by atoms with Gasteiger partial charge in [-0.2, -0.15) is 10.1 Å². The van der Waals surface area contributed by atoms with Crippen molar-refractivity contribution < 1.29 is 18.9 Å². The van der Waals surface area contributed by atoms with Crippen molar-refractivity contribution in [1.82, 2.24) is 15.2 Å². The molecule has 8 heteroatoms. The first-order chi connectivity index (χ1) is 15.2. The molecule has 0 aliphatic rings. The lowest BCUT2D eigenvalue weighted by Gasteiger charge is -2.25. The van der Waals surface area contributed by atoms with E-state index < -0.39 is 0 Å². The predicted octanol–water partition coefficient (Wildman–Crippen LogP) is 4.33. The monoisotopic (exact) mass is 420 g/mol. The van der Waals surface area contributed by atoms with Crippen LogP contribution in [0.2, 0.25) is 0 Å². The molecule has 0 unspecified atom stereocenters. The Kier molecular flexibility index (Phi) is 5.79. The lowest BCUT2D eigenvalue weighted by Crippen LogP contribution is -2.17. The van der Waals surface area contributed by atoms with Crippen LogP contribution in [0, 0.1) is 0 Å². The van der Waals surface area contributed by atoms with Crippen molar-refractivity contribution in [2.75, 3.05) is 33.3 Å². The molecule has 2 aromatic heterocycles. The Bertz CT molecular complexity index is 1150. The van der Waals surface area contributed by atoms with Gasteiger partial charge in [-0.25, -0.2) is 0 Å². The van der Waals surface area contributed by atoms with E-state index in [9.17, 15) is 0 Å². The molecule has 0 amide bonds. The molecule has 4 aromatic rings. The van der Waals surface area contributed by atoms with Crippen LogP contribution in [0.5, 0.6) is 23.1 Å². The van der Waals surface area contributed by atoms with E-state index in [-0.39, 0.29) is 0 Å². The summed E-state index contributed by atoms with van der Waals surface area (Å²) in [4.78, 5) is 6.53. The van der Waals surface area contributed by atoms with Crippen LogP contribution in [0.1, 0.15) is 5.56 Å². The smallest absolute Gasteiger partial charge is 0.214 e. The Morgan fingerprint density at radius 2 is 1.55 bits per heavy atom. The van der Waals surface area contributed by atoms with Gasteiger partial charge in [0.05, 0.1) is 39.5 Å². The summed E-state index contributed by atoms with van der Waals surface area (Å²) in [6.07, 6.45) is 0. The van der Waals surface area contributed by atoms with E-state index in [2.05, 4.69) is 32.2 Å². The third-order valence-electron chi connectivity index (χ3n) is 4.99. The average molecular weight is 420 g/mol. The molecular formula is C23H24N4O4. The van der Waals surface area contributed by atoms with Crippen LogP contribution >= 0.6 is 0 Å². The van der Waals surface area contributed by atoms with Gasteiger partial charge < -0.3 is 23.8 Å². The fraction of sp³-hybridized carbons (Fsp3) is 0.217. The third kappa shape index (κ3) is 3.92. The van der Waals surface area contributed by atoms with Crippen LogP contribution in [0.4, 0.5) is 11.5 Å². The van der Waals surface area contributed by atoms with Crippen LogP contribution in [0.25, 0.3) is 11.0 Å².